The SMILES string of the molecule is CC(C)N(C=N)C(=N)c1cccc(-n2ccn(-c3cccc(-n4ccnc4)c3)c2=O)n1. The maximum absolute atomic E-state index is 13.1. The minimum absolute atomic E-state index is 0.0537. The fraction of sp³-hybridized carbons (Fsp3) is 0.136. The molecule has 0 unspecified atom stereocenters. The Bertz CT molecular complexity index is 1280. The van der Waals surface area contributed by atoms with E-state index in [1.165, 1.54) is 14.0 Å². The lowest BCUT2D eigenvalue weighted by atomic mass is 10.2. The molecule has 0 spiro atoms. The third kappa shape index (κ3) is 3.80. The molecule has 0 bridgehead atoms. The van der Waals surface area contributed by atoms with E-state index >= 15 is 0 Å². The second-order valence-corrected chi connectivity index (χ2v) is 7.17. The molecule has 0 aliphatic heterocycles. The van der Waals surface area contributed by atoms with E-state index < -0.39 is 0 Å². The van der Waals surface area contributed by atoms with Crippen molar-refractivity contribution in [3.8, 4) is 17.2 Å². The smallest absolute Gasteiger partial charge is 0.314 e. The summed E-state index contributed by atoms with van der Waals surface area (Å²) < 4.78 is 4.84. The highest BCUT2D eigenvalue weighted by atomic mass is 16.1. The number of rotatable bonds is 6. The van der Waals surface area contributed by atoms with E-state index in [4.69, 9.17) is 10.8 Å². The highest BCUT2D eigenvalue weighted by Gasteiger charge is 2.16. The van der Waals surface area contributed by atoms with Crippen molar-refractivity contribution in [1.82, 2.24) is 28.6 Å². The summed E-state index contributed by atoms with van der Waals surface area (Å²) in [7, 11) is 0. The van der Waals surface area contributed by atoms with Crippen LogP contribution in [0.15, 0.2) is 78.4 Å². The van der Waals surface area contributed by atoms with Gasteiger partial charge in [-0.1, -0.05) is 12.1 Å². The van der Waals surface area contributed by atoms with Gasteiger partial charge in [0.05, 0.1) is 18.4 Å². The topological polar surface area (TPSA) is 109 Å². The van der Waals surface area contributed by atoms with Gasteiger partial charge in [-0.2, -0.15) is 0 Å². The molecular weight excluding hydrogens is 392 g/mol. The largest absolute Gasteiger partial charge is 0.338 e. The molecule has 31 heavy (non-hydrogen) atoms. The standard InChI is InChI=1S/C22H22N8O/c1-16(2)30(14-23)21(24)19-7-4-8-20(26-19)29-12-11-28(22(29)31)18-6-3-5-17(13-18)27-10-9-25-15-27/h3-16,23-24H,1-2H3. The van der Waals surface area contributed by atoms with Gasteiger partial charge in [-0.25, -0.2) is 14.8 Å². The molecule has 9 nitrogen and oxygen atoms in total. The first-order chi connectivity index (χ1) is 15.0. The zero-order valence-corrected chi connectivity index (χ0v) is 17.2. The summed E-state index contributed by atoms with van der Waals surface area (Å²) in [5.74, 6) is 0.512. The Morgan fingerprint density at radius 1 is 1.06 bits per heavy atom. The van der Waals surface area contributed by atoms with Crippen LogP contribution in [0, 0.1) is 10.8 Å². The Kier molecular flexibility index (Phi) is 5.31. The van der Waals surface area contributed by atoms with Gasteiger partial charge in [0.15, 0.2) is 5.84 Å². The van der Waals surface area contributed by atoms with Crippen molar-refractivity contribution in [3.05, 3.63) is 89.8 Å². The lowest BCUT2D eigenvalue weighted by molar-refractivity contribution is 0.507. The molecule has 0 atom stereocenters. The molecular formula is C22H22N8O. The van der Waals surface area contributed by atoms with Crippen molar-refractivity contribution in [2.75, 3.05) is 0 Å². The number of benzene rings is 1. The summed E-state index contributed by atoms with van der Waals surface area (Å²) in [6, 6.07) is 12.7. The number of aromatic nitrogens is 5. The predicted octanol–water partition coefficient (Wildman–Crippen LogP) is 2.85. The van der Waals surface area contributed by atoms with Gasteiger partial charge >= 0.3 is 5.69 Å². The monoisotopic (exact) mass is 414 g/mol. The van der Waals surface area contributed by atoms with Gasteiger partial charge in [0.1, 0.15) is 11.5 Å². The van der Waals surface area contributed by atoms with Gasteiger partial charge in [-0.3, -0.25) is 20.0 Å². The maximum Gasteiger partial charge on any atom is 0.338 e. The fourth-order valence-corrected chi connectivity index (χ4v) is 3.26. The maximum atomic E-state index is 13.1. The molecule has 0 saturated heterocycles. The molecule has 0 aliphatic rings. The number of hydrogen-bond donors (Lipinski definition) is 2. The van der Waals surface area contributed by atoms with Gasteiger partial charge in [0.2, 0.25) is 0 Å². The second-order valence-electron chi connectivity index (χ2n) is 7.17. The average Bonchev–Trinajstić information content (AvgIpc) is 3.44. The van der Waals surface area contributed by atoms with Crippen molar-refractivity contribution in [3.63, 3.8) is 0 Å². The first kappa shape index (κ1) is 20.0. The van der Waals surface area contributed by atoms with Crippen molar-refractivity contribution < 1.29 is 0 Å². The van der Waals surface area contributed by atoms with Crippen LogP contribution < -0.4 is 5.69 Å². The van der Waals surface area contributed by atoms with Crippen LogP contribution in [-0.4, -0.2) is 46.8 Å². The Morgan fingerprint density at radius 3 is 2.52 bits per heavy atom. The molecule has 9 heteroatoms. The van der Waals surface area contributed by atoms with Gasteiger partial charge in [-0.05, 0) is 44.2 Å². The van der Waals surface area contributed by atoms with Gasteiger partial charge in [-0.15, -0.1) is 0 Å². The van der Waals surface area contributed by atoms with Crippen LogP contribution in [0.3, 0.4) is 0 Å². The zero-order chi connectivity index (χ0) is 22.0. The Morgan fingerprint density at radius 2 is 1.81 bits per heavy atom. The minimum Gasteiger partial charge on any atom is -0.314 e. The fourth-order valence-electron chi connectivity index (χ4n) is 3.26. The molecule has 4 aromatic rings. The van der Waals surface area contributed by atoms with Crippen molar-refractivity contribution in [2.24, 2.45) is 0 Å². The normalized spacial score (nSPS) is 10.9. The van der Waals surface area contributed by atoms with Crippen LogP contribution in [0.5, 0.6) is 0 Å². The molecule has 0 saturated carbocycles. The van der Waals surface area contributed by atoms with E-state index in [-0.39, 0.29) is 17.6 Å². The predicted molar refractivity (Wildman–Crippen MR) is 119 cm³/mol. The Balaban J connectivity index is 1.70. The Hall–Kier alpha value is -4.27. The third-order valence-corrected chi connectivity index (χ3v) is 4.86. The van der Waals surface area contributed by atoms with E-state index in [0.717, 1.165) is 12.0 Å². The lowest BCUT2D eigenvalue weighted by Crippen LogP contribution is -2.36. The Labute approximate surface area is 178 Å². The minimum atomic E-state index is -0.272. The van der Waals surface area contributed by atoms with E-state index in [1.807, 2.05) is 48.9 Å². The summed E-state index contributed by atoms with van der Waals surface area (Å²) in [4.78, 5) is 23.2. The summed E-state index contributed by atoms with van der Waals surface area (Å²) in [6.45, 7) is 3.79. The first-order valence-electron chi connectivity index (χ1n) is 9.73. The summed E-state index contributed by atoms with van der Waals surface area (Å²) in [5.41, 5.74) is 1.72. The molecule has 0 fully saturated rings. The van der Waals surface area contributed by atoms with Crippen LogP contribution in [0.1, 0.15) is 19.5 Å². The van der Waals surface area contributed by atoms with Gasteiger partial charge in [0, 0.05) is 36.5 Å². The van der Waals surface area contributed by atoms with Crippen LogP contribution in [0.4, 0.5) is 0 Å². The molecule has 4 rings (SSSR count). The van der Waals surface area contributed by atoms with Crippen molar-refractivity contribution in [1.29, 1.82) is 10.8 Å². The molecule has 1 aromatic carbocycles. The van der Waals surface area contributed by atoms with Crippen LogP contribution in [0.2, 0.25) is 0 Å². The van der Waals surface area contributed by atoms with Gasteiger partial charge in [0.25, 0.3) is 0 Å². The zero-order valence-electron chi connectivity index (χ0n) is 17.2. The number of hydrogen-bond acceptors (Lipinski definition) is 5. The number of nitrogens with one attached hydrogen (secondary N) is 2. The van der Waals surface area contributed by atoms with Crippen LogP contribution in [-0.2, 0) is 0 Å². The quantitative estimate of drug-likeness (QED) is 0.373. The van der Waals surface area contributed by atoms with Crippen molar-refractivity contribution >= 4 is 12.2 Å². The molecule has 2 N–H and O–H groups in total. The third-order valence-electron chi connectivity index (χ3n) is 4.86. The summed E-state index contributed by atoms with van der Waals surface area (Å²) >= 11 is 0. The molecule has 156 valence electrons. The molecule has 3 aromatic heterocycles. The first-order valence-corrected chi connectivity index (χ1v) is 9.73. The van der Waals surface area contributed by atoms with E-state index in [1.54, 1.807) is 43.1 Å². The summed E-state index contributed by atoms with van der Waals surface area (Å²) in [6.07, 6.45) is 9.69. The second kappa shape index (κ2) is 8.23. The van der Waals surface area contributed by atoms with Crippen LogP contribution >= 0.6 is 0 Å². The van der Waals surface area contributed by atoms with Gasteiger partial charge < -0.3 is 9.47 Å². The molecule has 0 aliphatic carbocycles. The summed E-state index contributed by atoms with van der Waals surface area (Å²) in [5, 5.41) is 15.9. The molecule has 3 heterocycles. The number of imidazole rings is 2. The lowest BCUT2D eigenvalue weighted by Gasteiger charge is -2.23. The number of amidine groups is 1. The van der Waals surface area contributed by atoms with Crippen molar-refractivity contribution in [2.45, 2.75) is 19.9 Å². The molecule has 0 radical (unpaired) electrons. The highest BCUT2D eigenvalue weighted by Crippen LogP contribution is 2.14. The molecule has 0 amide bonds. The van der Waals surface area contributed by atoms with E-state index in [2.05, 4.69) is 9.97 Å². The highest BCUT2D eigenvalue weighted by molar-refractivity contribution is 6.00. The van der Waals surface area contributed by atoms with E-state index in [0.29, 0.717) is 17.2 Å². The van der Waals surface area contributed by atoms with E-state index in [9.17, 15) is 4.79 Å². The van der Waals surface area contributed by atoms with Crippen LogP contribution in [0.25, 0.3) is 17.2 Å². The number of nitrogens with zero attached hydrogens (tertiary/aromatic N) is 6. The average molecular weight is 414 g/mol. The number of pyridine rings is 1.